The van der Waals surface area contributed by atoms with E-state index in [-0.39, 0.29) is 11.4 Å². The molecule has 0 aromatic heterocycles. The van der Waals surface area contributed by atoms with Gasteiger partial charge in [-0.15, -0.1) is 0 Å². The van der Waals surface area contributed by atoms with Crippen molar-refractivity contribution in [1.82, 2.24) is 10.2 Å². The third kappa shape index (κ3) is 2.24. The minimum absolute atomic E-state index is 0.176. The highest BCUT2D eigenvalue weighted by molar-refractivity contribution is 5.77. The van der Waals surface area contributed by atoms with E-state index in [0.717, 1.165) is 18.8 Å². The van der Waals surface area contributed by atoms with E-state index in [9.17, 15) is 4.79 Å². The molecule has 0 unspecified atom stereocenters. The first-order valence-electron chi connectivity index (χ1n) is 6.79. The van der Waals surface area contributed by atoms with Gasteiger partial charge in [0.25, 0.3) is 0 Å². The van der Waals surface area contributed by atoms with Gasteiger partial charge in [0.2, 0.25) is 5.91 Å². The average Bonchev–Trinajstić information content (AvgIpc) is 3.06. The number of likely N-dealkylation sites (tertiary alicyclic amines) is 1. The van der Waals surface area contributed by atoms with E-state index in [1.807, 2.05) is 0 Å². The van der Waals surface area contributed by atoms with Crippen LogP contribution in [0.2, 0.25) is 0 Å². The third-order valence-corrected chi connectivity index (χ3v) is 4.49. The molecule has 0 aromatic rings. The zero-order chi connectivity index (χ0) is 11.0. The third-order valence-electron chi connectivity index (χ3n) is 4.49. The Morgan fingerprint density at radius 2 is 2.00 bits per heavy atom. The summed E-state index contributed by atoms with van der Waals surface area (Å²) in [7, 11) is 0. The molecule has 1 amide bonds. The SMILES string of the molecule is O=C1CCCC2(CCN(CC3CC3)CC2)N1. The Morgan fingerprint density at radius 3 is 2.62 bits per heavy atom. The van der Waals surface area contributed by atoms with Gasteiger partial charge in [-0.3, -0.25) is 4.79 Å². The van der Waals surface area contributed by atoms with Gasteiger partial charge in [0.15, 0.2) is 0 Å². The molecule has 90 valence electrons. The van der Waals surface area contributed by atoms with Crippen LogP contribution in [-0.2, 0) is 4.79 Å². The van der Waals surface area contributed by atoms with Gasteiger partial charge in [-0.05, 0) is 44.4 Å². The lowest BCUT2D eigenvalue weighted by Crippen LogP contribution is -2.57. The zero-order valence-corrected chi connectivity index (χ0v) is 10.0. The molecule has 1 aliphatic carbocycles. The average molecular weight is 222 g/mol. The summed E-state index contributed by atoms with van der Waals surface area (Å²) in [5.41, 5.74) is 0.176. The minimum atomic E-state index is 0.176. The molecule has 3 heteroatoms. The second kappa shape index (κ2) is 4.02. The molecule has 1 spiro atoms. The normalized spacial score (nSPS) is 30.4. The summed E-state index contributed by atoms with van der Waals surface area (Å²) < 4.78 is 0. The number of rotatable bonds is 2. The summed E-state index contributed by atoms with van der Waals surface area (Å²) in [5.74, 6) is 1.27. The summed E-state index contributed by atoms with van der Waals surface area (Å²) in [6.45, 7) is 3.69. The zero-order valence-electron chi connectivity index (χ0n) is 10.0. The first-order chi connectivity index (χ1) is 7.76. The van der Waals surface area contributed by atoms with Crippen LogP contribution in [0.15, 0.2) is 0 Å². The van der Waals surface area contributed by atoms with Gasteiger partial charge in [-0.25, -0.2) is 0 Å². The van der Waals surface area contributed by atoms with Crippen molar-refractivity contribution in [3.8, 4) is 0 Å². The summed E-state index contributed by atoms with van der Waals surface area (Å²) in [6.07, 6.45) is 8.27. The van der Waals surface area contributed by atoms with Gasteiger partial charge in [0.1, 0.15) is 0 Å². The molecular weight excluding hydrogens is 200 g/mol. The fourth-order valence-electron chi connectivity index (χ4n) is 3.21. The van der Waals surface area contributed by atoms with E-state index >= 15 is 0 Å². The highest BCUT2D eigenvalue weighted by Crippen LogP contribution is 2.34. The Bertz CT molecular complexity index is 278. The second-order valence-electron chi connectivity index (χ2n) is 5.93. The van der Waals surface area contributed by atoms with Crippen molar-refractivity contribution in [1.29, 1.82) is 0 Å². The van der Waals surface area contributed by atoms with Crippen LogP contribution >= 0.6 is 0 Å². The van der Waals surface area contributed by atoms with Gasteiger partial charge in [0.05, 0.1) is 0 Å². The maximum Gasteiger partial charge on any atom is 0.220 e. The largest absolute Gasteiger partial charge is 0.351 e. The number of hydrogen-bond acceptors (Lipinski definition) is 2. The maximum atomic E-state index is 11.5. The number of amides is 1. The molecule has 0 radical (unpaired) electrons. The molecule has 3 nitrogen and oxygen atoms in total. The number of nitrogens with zero attached hydrogens (tertiary/aromatic N) is 1. The number of carbonyl (C=O) groups excluding carboxylic acids is 1. The highest BCUT2D eigenvalue weighted by Gasteiger charge is 2.38. The van der Waals surface area contributed by atoms with Crippen LogP contribution in [0.4, 0.5) is 0 Å². The fraction of sp³-hybridized carbons (Fsp3) is 0.923. The fourth-order valence-corrected chi connectivity index (χ4v) is 3.21. The molecule has 3 rings (SSSR count). The summed E-state index contributed by atoms with van der Waals surface area (Å²) >= 11 is 0. The molecule has 1 N–H and O–H groups in total. The van der Waals surface area contributed by atoms with Crippen LogP contribution < -0.4 is 5.32 Å². The molecule has 0 bridgehead atoms. The molecular formula is C13H22N2O. The van der Waals surface area contributed by atoms with E-state index in [1.165, 1.54) is 51.7 Å². The Hall–Kier alpha value is -0.570. The van der Waals surface area contributed by atoms with E-state index in [4.69, 9.17) is 0 Å². The van der Waals surface area contributed by atoms with E-state index in [2.05, 4.69) is 10.2 Å². The topological polar surface area (TPSA) is 32.3 Å². The monoisotopic (exact) mass is 222 g/mol. The summed E-state index contributed by atoms with van der Waals surface area (Å²) in [5, 5.41) is 3.26. The van der Waals surface area contributed by atoms with Gasteiger partial charge in [-0.2, -0.15) is 0 Å². The van der Waals surface area contributed by atoms with E-state index in [1.54, 1.807) is 0 Å². The second-order valence-corrected chi connectivity index (χ2v) is 5.93. The van der Waals surface area contributed by atoms with Crippen LogP contribution in [0, 0.1) is 5.92 Å². The van der Waals surface area contributed by atoms with Crippen LogP contribution in [0.25, 0.3) is 0 Å². The van der Waals surface area contributed by atoms with Gasteiger partial charge in [0, 0.05) is 31.6 Å². The van der Waals surface area contributed by atoms with Gasteiger partial charge >= 0.3 is 0 Å². The van der Waals surface area contributed by atoms with Gasteiger partial charge in [-0.1, -0.05) is 0 Å². The number of hydrogen-bond donors (Lipinski definition) is 1. The minimum Gasteiger partial charge on any atom is -0.351 e. The molecule has 1 saturated carbocycles. The van der Waals surface area contributed by atoms with Crippen LogP contribution in [0.5, 0.6) is 0 Å². The Labute approximate surface area is 97.6 Å². The molecule has 3 aliphatic rings. The molecule has 0 atom stereocenters. The Morgan fingerprint density at radius 1 is 1.25 bits per heavy atom. The van der Waals surface area contributed by atoms with Crippen molar-refractivity contribution in [2.75, 3.05) is 19.6 Å². The number of nitrogens with one attached hydrogen (secondary N) is 1. The highest BCUT2D eigenvalue weighted by atomic mass is 16.1. The number of carbonyl (C=O) groups is 1. The van der Waals surface area contributed by atoms with Crippen LogP contribution in [-0.4, -0.2) is 36.0 Å². The van der Waals surface area contributed by atoms with E-state index < -0.39 is 0 Å². The summed E-state index contributed by atoms with van der Waals surface area (Å²) in [6, 6.07) is 0. The van der Waals surface area contributed by atoms with Crippen LogP contribution in [0.3, 0.4) is 0 Å². The predicted octanol–water partition coefficient (Wildman–Crippen LogP) is 1.53. The number of piperidine rings is 2. The predicted molar refractivity (Wildman–Crippen MR) is 63.1 cm³/mol. The van der Waals surface area contributed by atoms with Gasteiger partial charge < -0.3 is 10.2 Å². The smallest absolute Gasteiger partial charge is 0.220 e. The Balaban J connectivity index is 1.53. The lowest BCUT2D eigenvalue weighted by molar-refractivity contribution is -0.126. The van der Waals surface area contributed by atoms with E-state index in [0.29, 0.717) is 0 Å². The lowest BCUT2D eigenvalue weighted by Gasteiger charge is -2.44. The molecule has 3 fully saturated rings. The van der Waals surface area contributed by atoms with Crippen molar-refractivity contribution in [2.45, 2.75) is 50.5 Å². The van der Waals surface area contributed by atoms with Crippen molar-refractivity contribution in [3.63, 3.8) is 0 Å². The summed E-state index contributed by atoms with van der Waals surface area (Å²) in [4.78, 5) is 14.1. The first-order valence-corrected chi connectivity index (χ1v) is 6.79. The lowest BCUT2D eigenvalue weighted by atomic mass is 9.80. The van der Waals surface area contributed by atoms with Crippen molar-refractivity contribution < 1.29 is 4.79 Å². The molecule has 2 aliphatic heterocycles. The Kier molecular flexibility index (Phi) is 2.66. The molecule has 16 heavy (non-hydrogen) atoms. The van der Waals surface area contributed by atoms with Crippen molar-refractivity contribution >= 4 is 5.91 Å². The molecule has 2 heterocycles. The van der Waals surface area contributed by atoms with Crippen LogP contribution in [0.1, 0.15) is 44.9 Å². The standard InChI is InChI=1S/C13H22N2O/c16-12-2-1-5-13(14-12)6-8-15(9-7-13)10-11-3-4-11/h11H,1-10H2,(H,14,16). The quantitative estimate of drug-likeness (QED) is 0.768. The molecule has 2 saturated heterocycles. The molecule has 0 aromatic carbocycles. The maximum absolute atomic E-state index is 11.5. The van der Waals surface area contributed by atoms with Crippen molar-refractivity contribution in [2.24, 2.45) is 5.92 Å². The first kappa shape index (κ1) is 10.6. The van der Waals surface area contributed by atoms with Crippen molar-refractivity contribution in [3.05, 3.63) is 0 Å².